The highest BCUT2D eigenvalue weighted by Crippen LogP contribution is 2.40. The smallest absolute Gasteiger partial charge is 0.189 e. The Morgan fingerprint density at radius 1 is 0.635 bits per heavy atom. The van der Waals surface area contributed by atoms with Gasteiger partial charge in [-0.25, -0.2) is 9.97 Å². The number of carbonyl (C=O) groups excluding carboxylic acids is 2. The molecule has 2 aliphatic carbocycles. The van der Waals surface area contributed by atoms with Crippen LogP contribution in [0.2, 0.25) is 0 Å². The number of nitrogens with zero attached hydrogens (tertiary/aromatic N) is 4. The van der Waals surface area contributed by atoms with Crippen LogP contribution in [0.25, 0.3) is 33.5 Å². The van der Waals surface area contributed by atoms with E-state index >= 15 is 0 Å². The second-order valence-corrected chi connectivity index (χ2v) is 14.1. The van der Waals surface area contributed by atoms with E-state index in [1.165, 1.54) is 12.5 Å². The molecule has 0 bridgehead atoms. The number of ketones is 2. The van der Waals surface area contributed by atoms with Gasteiger partial charge in [0.25, 0.3) is 0 Å². The number of imidazole rings is 2. The zero-order valence-corrected chi connectivity index (χ0v) is 29.8. The van der Waals surface area contributed by atoms with Gasteiger partial charge < -0.3 is 29.2 Å². The van der Waals surface area contributed by atoms with Crippen molar-refractivity contribution in [1.82, 2.24) is 19.1 Å². The first-order valence-electron chi connectivity index (χ1n) is 18.5. The molecule has 1 saturated heterocycles. The van der Waals surface area contributed by atoms with Gasteiger partial charge >= 0.3 is 0 Å². The molecule has 2 aromatic carbocycles. The summed E-state index contributed by atoms with van der Waals surface area (Å²) in [4.78, 5) is 34.7. The van der Waals surface area contributed by atoms with Crippen LogP contribution in [0.5, 0.6) is 0 Å². The quantitative estimate of drug-likeness (QED) is 0.288. The fraction of sp³-hybridized carbons (Fsp3) is 0.500. The number of aliphatic hydroxyl groups excluding tert-OH is 2. The number of Topliss-reactive ketones (excluding diaryl/α,β-unsaturated/α-hetero) is 2. The minimum atomic E-state index is -0.377. The van der Waals surface area contributed by atoms with E-state index in [2.05, 4.69) is 23.8 Å². The Morgan fingerprint density at radius 3 is 1.42 bits per heavy atom. The predicted octanol–water partition coefficient (Wildman–Crippen LogP) is 5.23. The van der Waals surface area contributed by atoms with Crippen LogP contribution in [0.1, 0.15) is 52.4 Å². The highest BCUT2D eigenvalue weighted by molar-refractivity contribution is 6.18. The normalized spacial score (nSPS) is 29.9. The largest absolute Gasteiger partial charge is 0.495 e. The molecular weight excluding hydrogens is 664 g/mol. The molecule has 12 nitrogen and oxygen atoms in total. The Morgan fingerprint density at radius 2 is 1.04 bits per heavy atom. The van der Waals surface area contributed by atoms with Gasteiger partial charge in [0.15, 0.2) is 11.6 Å². The molecule has 52 heavy (non-hydrogen) atoms. The molecule has 3 aliphatic heterocycles. The van der Waals surface area contributed by atoms with Crippen molar-refractivity contribution >= 4 is 45.0 Å². The number of ether oxygens (including phenoxy) is 4. The maximum Gasteiger partial charge on any atom is 0.189 e. The van der Waals surface area contributed by atoms with E-state index in [0.717, 1.165) is 61.3 Å². The number of para-hydroxylation sites is 4. The SMILES string of the molecule is C1COCCO1.CCC1CC2C(=O)C(n3cnc4ccccc43)=COC2CC1O.CCC1CC2C(=O)C(n3cnc4ccccc43)=COC2CC1O. The molecule has 0 spiro atoms. The first-order chi connectivity index (χ1) is 25.4. The average Bonchev–Trinajstić information content (AvgIpc) is 3.81. The topological polar surface area (TPSA) is 147 Å². The van der Waals surface area contributed by atoms with Gasteiger partial charge in [-0.15, -0.1) is 0 Å². The summed E-state index contributed by atoms with van der Waals surface area (Å²) < 4.78 is 25.1. The number of benzene rings is 2. The van der Waals surface area contributed by atoms with Gasteiger partial charge in [-0.1, -0.05) is 51.0 Å². The van der Waals surface area contributed by atoms with E-state index in [1.807, 2.05) is 48.5 Å². The molecule has 9 rings (SSSR count). The van der Waals surface area contributed by atoms with Crippen molar-refractivity contribution in [1.29, 1.82) is 0 Å². The van der Waals surface area contributed by atoms with Crippen molar-refractivity contribution in [3.63, 3.8) is 0 Å². The Bertz CT molecular complexity index is 1780. The average molecular weight is 713 g/mol. The molecule has 5 heterocycles. The molecule has 2 N–H and O–H groups in total. The second-order valence-electron chi connectivity index (χ2n) is 14.1. The molecule has 3 fully saturated rings. The lowest BCUT2D eigenvalue weighted by Gasteiger charge is -2.40. The lowest BCUT2D eigenvalue weighted by atomic mass is 9.73. The van der Waals surface area contributed by atoms with Crippen LogP contribution in [0.4, 0.5) is 0 Å². The highest BCUT2D eigenvalue weighted by atomic mass is 16.6. The third-order valence-electron chi connectivity index (χ3n) is 11.2. The number of aromatic nitrogens is 4. The maximum atomic E-state index is 13.0. The Kier molecular flexibility index (Phi) is 11.2. The molecule has 2 saturated carbocycles. The molecule has 2 aromatic heterocycles. The van der Waals surface area contributed by atoms with Crippen LogP contribution in [0.3, 0.4) is 0 Å². The van der Waals surface area contributed by atoms with Crippen molar-refractivity contribution in [2.24, 2.45) is 23.7 Å². The van der Waals surface area contributed by atoms with Crippen molar-refractivity contribution in [3.8, 4) is 0 Å². The summed E-state index contributed by atoms with van der Waals surface area (Å²) in [5.74, 6) is 0.170. The van der Waals surface area contributed by atoms with E-state index in [1.54, 1.807) is 21.8 Å². The van der Waals surface area contributed by atoms with Gasteiger partial charge in [0, 0.05) is 12.8 Å². The predicted molar refractivity (Wildman–Crippen MR) is 194 cm³/mol. The first-order valence-corrected chi connectivity index (χ1v) is 18.5. The number of allylic oxidation sites excluding steroid dienone is 2. The summed E-state index contributed by atoms with van der Waals surface area (Å²) in [6, 6.07) is 15.5. The monoisotopic (exact) mass is 712 g/mol. The summed E-state index contributed by atoms with van der Waals surface area (Å²) in [5, 5.41) is 20.3. The van der Waals surface area contributed by atoms with Crippen LogP contribution in [-0.2, 0) is 28.5 Å². The third kappa shape index (κ3) is 7.30. The Labute approximate surface area is 303 Å². The van der Waals surface area contributed by atoms with E-state index in [9.17, 15) is 19.8 Å². The van der Waals surface area contributed by atoms with Crippen molar-refractivity contribution in [2.75, 3.05) is 26.4 Å². The minimum Gasteiger partial charge on any atom is -0.495 e. The summed E-state index contributed by atoms with van der Waals surface area (Å²) in [5.41, 5.74) is 4.58. The number of fused-ring (bicyclic) bond motifs is 4. The molecule has 276 valence electrons. The van der Waals surface area contributed by atoms with Gasteiger partial charge in [0.05, 0.1) is 72.5 Å². The molecule has 12 heteroatoms. The number of aliphatic hydroxyl groups is 2. The number of carbonyl (C=O) groups is 2. The molecule has 8 unspecified atom stereocenters. The maximum absolute atomic E-state index is 13.0. The number of rotatable bonds is 4. The molecule has 0 amide bonds. The molecule has 0 radical (unpaired) electrons. The first kappa shape index (κ1) is 36.0. The van der Waals surface area contributed by atoms with Gasteiger partial charge in [0.1, 0.15) is 48.8 Å². The summed E-state index contributed by atoms with van der Waals surface area (Å²) in [7, 11) is 0. The Hall–Kier alpha value is -4.36. The zero-order chi connectivity index (χ0) is 36.2. The van der Waals surface area contributed by atoms with Gasteiger partial charge in [-0.2, -0.15) is 0 Å². The van der Waals surface area contributed by atoms with Gasteiger partial charge in [-0.3, -0.25) is 18.7 Å². The lowest BCUT2D eigenvalue weighted by molar-refractivity contribution is -0.130. The van der Waals surface area contributed by atoms with E-state index in [4.69, 9.17) is 18.9 Å². The third-order valence-corrected chi connectivity index (χ3v) is 11.2. The molecule has 4 aromatic rings. The molecule has 5 aliphatic rings. The highest BCUT2D eigenvalue weighted by Gasteiger charge is 2.45. The van der Waals surface area contributed by atoms with E-state index < -0.39 is 0 Å². The van der Waals surface area contributed by atoms with Crippen LogP contribution in [0, 0.1) is 23.7 Å². The van der Waals surface area contributed by atoms with Crippen LogP contribution in [0.15, 0.2) is 73.7 Å². The van der Waals surface area contributed by atoms with Crippen molar-refractivity contribution < 1.29 is 38.7 Å². The van der Waals surface area contributed by atoms with Crippen LogP contribution in [-0.4, -0.2) is 91.7 Å². The van der Waals surface area contributed by atoms with Gasteiger partial charge in [-0.05, 0) is 48.9 Å². The summed E-state index contributed by atoms with van der Waals surface area (Å²) >= 11 is 0. The summed E-state index contributed by atoms with van der Waals surface area (Å²) in [6.45, 7) is 7.23. The standard InChI is InChI=1S/2C18H20N2O3.C4H8O2/c2*1-2-11-7-12-17(8-16(11)21)23-9-15(18(12)22)20-10-19-13-5-3-4-6-14(13)20;1-2-6-4-3-5-1/h2*3-6,9-12,16-17,21H,2,7-8H2,1H3;1-4H2. The number of hydrogen-bond donors (Lipinski definition) is 2. The summed E-state index contributed by atoms with van der Waals surface area (Å²) in [6.07, 6.45) is 9.44. The van der Waals surface area contributed by atoms with Crippen molar-refractivity contribution in [3.05, 3.63) is 73.7 Å². The zero-order valence-electron chi connectivity index (χ0n) is 29.8. The van der Waals surface area contributed by atoms with Gasteiger partial charge in [0.2, 0.25) is 0 Å². The van der Waals surface area contributed by atoms with E-state index in [-0.39, 0.29) is 59.7 Å². The molecular formula is C40H48N4O8. The Balaban J connectivity index is 0.000000139. The van der Waals surface area contributed by atoms with Crippen molar-refractivity contribution in [2.45, 2.75) is 76.8 Å². The number of hydrogen-bond acceptors (Lipinski definition) is 10. The minimum absolute atomic E-state index is 0.0924. The van der Waals surface area contributed by atoms with Crippen LogP contribution >= 0.6 is 0 Å². The van der Waals surface area contributed by atoms with Crippen LogP contribution < -0.4 is 0 Å². The van der Waals surface area contributed by atoms with E-state index in [0.29, 0.717) is 37.1 Å². The fourth-order valence-corrected chi connectivity index (χ4v) is 8.08. The lowest BCUT2D eigenvalue weighted by Crippen LogP contribution is -2.45. The fourth-order valence-electron chi connectivity index (χ4n) is 8.08. The second kappa shape index (κ2) is 16.1. The molecule has 8 atom stereocenters.